The van der Waals surface area contributed by atoms with Crippen LogP contribution >= 0.6 is 0 Å². The fourth-order valence-corrected chi connectivity index (χ4v) is 2.00. The lowest BCUT2D eigenvalue weighted by atomic mass is 10.0. The molecule has 0 aromatic carbocycles. The Morgan fingerprint density at radius 3 is 2.94 bits per heavy atom. The predicted molar refractivity (Wildman–Crippen MR) is 62.3 cm³/mol. The van der Waals surface area contributed by atoms with E-state index >= 15 is 0 Å². The summed E-state index contributed by atoms with van der Waals surface area (Å²) in [5.41, 5.74) is 0. The summed E-state index contributed by atoms with van der Waals surface area (Å²) in [5.74, 6) is -0.165. The van der Waals surface area contributed by atoms with Gasteiger partial charge in [0, 0.05) is 12.6 Å². The highest BCUT2D eigenvalue weighted by atomic mass is 16.5. The molecule has 3 unspecified atom stereocenters. The third kappa shape index (κ3) is 4.10. The molecular formula is C12H23NO3. The molecule has 0 aromatic heterocycles. The van der Waals surface area contributed by atoms with Crippen LogP contribution in [-0.4, -0.2) is 37.4 Å². The van der Waals surface area contributed by atoms with Crippen molar-refractivity contribution in [1.82, 2.24) is 5.32 Å². The summed E-state index contributed by atoms with van der Waals surface area (Å²) < 4.78 is 10.6. The minimum Gasteiger partial charge on any atom is -0.465 e. The van der Waals surface area contributed by atoms with E-state index in [4.69, 9.17) is 9.47 Å². The SMILES string of the molecule is CCOC(=O)C(C)NC1CCOC(CC)C1. The standard InChI is InChI=1S/C12H23NO3/c1-4-11-8-10(6-7-16-11)13-9(3)12(14)15-5-2/h9-11,13H,4-8H2,1-3H3. The quantitative estimate of drug-likeness (QED) is 0.725. The lowest BCUT2D eigenvalue weighted by molar-refractivity contribution is -0.145. The van der Waals surface area contributed by atoms with Gasteiger partial charge in [-0.1, -0.05) is 6.92 Å². The number of esters is 1. The van der Waals surface area contributed by atoms with Gasteiger partial charge in [0.2, 0.25) is 0 Å². The Bertz CT molecular complexity index is 220. The number of carbonyl (C=O) groups excluding carboxylic acids is 1. The maximum Gasteiger partial charge on any atom is 0.322 e. The van der Waals surface area contributed by atoms with Crippen LogP contribution in [0.3, 0.4) is 0 Å². The highest BCUT2D eigenvalue weighted by Crippen LogP contribution is 2.16. The highest BCUT2D eigenvalue weighted by Gasteiger charge is 2.24. The topological polar surface area (TPSA) is 47.6 Å². The molecule has 0 radical (unpaired) electrons. The van der Waals surface area contributed by atoms with E-state index < -0.39 is 0 Å². The van der Waals surface area contributed by atoms with Crippen molar-refractivity contribution in [3.8, 4) is 0 Å². The van der Waals surface area contributed by atoms with E-state index in [9.17, 15) is 4.79 Å². The summed E-state index contributed by atoms with van der Waals surface area (Å²) in [5, 5.41) is 3.31. The summed E-state index contributed by atoms with van der Waals surface area (Å²) in [6, 6.07) is 0.152. The van der Waals surface area contributed by atoms with Crippen molar-refractivity contribution < 1.29 is 14.3 Å². The van der Waals surface area contributed by atoms with Gasteiger partial charge in [0.15, 0.2) is 0 Å². The molecule has 1 rings (SSSR count). The molecule has 1 saturated heterocycles. The van der Waals surface area contributed by atoms with E-state index in [1.54, 1.807) is 0 Å². The van der Waals surface area contributed by atoms with Crippen LogP contribution in [0.4, 0.5) is 0 Å². The lowest BCUT2D eigenvalue weighted by Gasteiger charge is -2.31. The molecule has 94 valence electrons. The average Bonchev–Trinajstić information content (AvgIpc) is 2.29. The molecular weight excluding hydrogens is 206 g/mol. The maximum atomic E-state index is 11.5. The molecule has 3 atom stereocenters. The minimum absolute atomic E-state index is 0.165. The smallest absolute Gasteiger partial charge is 0.322 e. The van der Waals surface area contributed by atoms with Crippen molar-refractivity contribution in [2.75, 3.05) is 13.2 Å². The lowest BCUT2D eigenvalue weighted by Crippen LogP contribution is -2.46. The minimum atomic E-state index is -0.222. The zero-order chi connectivity index (χ0) is 12.0. The van der Waals surface area contributed by atoms with Crippen LogP contribution in [0.2, 0.25) is 0 Å². The van der Waals surface area contributed by atoms with Crippen LogP contribution in [0, 0.1) is 0 Å². The van der Waals surface area contributed by atoms with Crippen molar-refractivity contribution in [2.45, 2.75) is 58.2 Å². The summed E-state index contributed by atoms with van der Waals surface area (Å²) in [6.45, 7) is 7.03. The van der Waals surface area contributed by atoms with E-state index in [-0.39, 0.29) is 12.0 Å². The molecule has 1 fully saturated rings. The van der Waals surface area contributed by atoms with Crippen LogP contribution in [0.25, 0.3) is 0 Å². The van der Waals surface area contributed by atoms with Gasteiger partial charge in [-0.05, 0) is 33.1 Å². The van der Waals surface area contributed by atoms with E-state index in [0.29, 0.717) is 18.8 Å². The van der Waals surface area contributed by atoms with Gasteiger partial charge < -0.3 is 14.8 Å². The van der Waals surface area contributed by atoms with Crippen LogP contribution < -0.4 is 5.32 Å². The molecule has 0 aliphatic carbocycles. The molecule has 16 heavy (non-hydrogen) atoms. The molecule has 4 heteroatoms. The van der Waals surface area contributed by atoms with Gasteiger partial charge in [-0.25, -0.2) is 0 Å². The van der Waals surface area contributed by atoms with Gasteiger partial charge in [-0.3, -0.25) is 4.79 Å². The summed E-state index contributed by atoms with van der Waals surface area (Å²) in [7, 11) is 0. The number of hydrogen-bond acceptors (Lipinski definition) is 4. The number of hydrogen-bond donors (Lipinski definition) is 1. The molecule has 1 heterocycles. The van der Waals surface area contributed by atoms with Gasteiger partial charge in [0.25, 0.3) is 0 Å². The van der Waals surface area contributed by atoms with Gasteiger partial charge >= 0.3 is 5.97 Å². The Hall–Kier alpha value is -0.610. The third-order valence-corrected chi connectivity index (χ3v) is 2.95. The van der Waals surface area contributed by atoms with Gasteiger partial charge in [0.05, 0.1) is 12.7 Å². The first kappa shape index (κ1) is 13.5. The molecule has 1 aliphatic heterocycles. The van der Waals surface area contributed by atoms with Crippen LogP contribution in [0.1, 0.15) is 40.0 Å². The first-order valence-electron chi connectivity index (χ1n) is 6.21. The number of nitrogens with one attached hydrogen (secondary N) is 1. The molecule has 0 bridgehead atoms. The van der Waals surface area contributed by atoms with Gasteiger partial charge in [-0.15, -0.1) is 0 Å². The number of rotatable bonds is 5. The zero-order valence-corrected chi connectivity index (χ0v) is 10.5. The maximum absolute atomic E-state index is 11.5. The van der Waals surface area contributed by atoms with E-state index in [1.807, 2.05) is 13.8 Å². The molecule has 0 spiro atoms. The van der Waals surface area contributed by atoms with Crippen molar-refractivity contribution in [1.29, 1.82) is 0 Å². The first-order valence-corrected chi connectivity index (χ1v) is 6.21. The Morgan fingerprint density at radius 1 is 1.56 bits per heavy atom. The predicted octanol–water partition coefficient (Wildman–Crippen LogP) is 1.49. The Morgan fingerprint density at radius 2 is 2.31 bits per heavy atom. The first-order chi connectivity index (χ1) is 7.67. The fraction of sp³-hybridized carbons (Fsp3) is 0.917. The molecule has 1 aliphatic rings. The number of carbonyl (C=O) groups is 1. The second kappa shape index (κ2) is 6.86. The third-order valence-electron chi connectivity index (χ3n) is 2.95. The van der Waals surface area contributed by atoms with Gasteiger partial charge in [-0.2, -0.15) is 0 Å². The Balaban J connectivity index is 2.32. The summed E-state index contributed by atoms with van der Waals surface area (Å²) in [4.78, 5) is 11.5. The van der Waals surface area contributed by atoms with Crippen molar-refractivity contribution in [2.24, 2.45) is 0 Å². The second-order valence-electron chi connectivity index (χ2n) is 4.26. The number of ether oxygens (including phenoxy) is 2. The van der Waals surface area contributed by atoms with E-state index in [0.717, 1.165) is 25.9 Å². The fourth-order valence-electron chi connectivity index (χ4n) is 2.00. The van der Waals surface area contributed by atoms with Crippen LogP contribution in [0.15, 0.2) is 0 Å². The van der Waals surface area contributed by atoms with E-state index in [1.165, 1.54) is 0 Å². The summed E-state index contributed by atoms with van der Waals surface area (Å²) >= 11 is 0. The molecule has 0 aromatic rings. The zero-order valence-electron chi connectivity index (χ0n) is 10.5. The normalized spacial score (nSPS) is 27.4. The molecule has 0 saturated carbocycles. The monoisotopic (exact) mass is 229 g/mol. The summed E-state index contributed by atoms with van der Waals surface area (Å²) in [6.07, 6.45) is 3.33. The van der Waals surface area contributed by atoms with Crippen molar-refractivity contribution in [3.05, 3.63) is 0 Å². The van der Waals surface area contributed by atoms with Crippen molar-refractivity contribution >= 4 is 5.97 Å². The van der Waals surface area contributed by atoms with Crippen LogP contribution in [-0.2, 0) is 14.3 Å². The molecule has 4 nitrogen and oxygen atoms in total. The second-order valence-corrected chi connectivity index (χ2v) is 4.26. The largest absolute Gasteiger partial charge is 0.465 e. The molecule has 1 N–H and O–H groups in total. The molecule has 0 amide bonds. The van der Waals surface area contributed by atoms with E-state index in [2.05, 4.69) is 12.2 Å². The van der Waals surface area contributed by atoms with Gasteiger partial charge in [0.1, 0.15) is 6.04 Å². The van der Waals surface area contributed by atoms with Crippen molar-refractivity contribution in [3.63, 3.8) is 0 Å². The highest BCUT2D eigenvalue weighted by molar-refractivity contribution is 5.75. The Kier molecular flexibility index (Phi) is 5.77. The Labute approximate surface area is 97.7 Å². The average molecular weight is 229 g/mol. The van der Waals surface area contributed by atoms with Crippen LogP contribution in [0.5, 0.6) is 0 Å².